The van der Waals surface area contributed by atoms with Gasteiger partial charge in [-0.15, -0.1) is 12.4 Å². The summed E-state index contributed by atoms with van der Waals surface area (Å²) in [6.45, 7) is 0. The molecule has 1 radical (unpaired) electrons. The fourth-order valence-electron chi connectivity index (χ4n) is 3.99. The van der Waals surface area contributed by atoms with Crippen LogP contribution < -0.4 is 4.74 Å². The smallest absolute Gasteiger partial charge is 0.416 e. The van der Waals surface area contributed by atoms with Crippen molar-refractivity contribution in [2.45, 2.75) is 6.18 Å². The topological polar surface area (TPSA) is 40.8 Å². The van der Waals surface area contributed by atoms with Crippen molar-refractivity contribution in [1.29, 1.82) is 0 Å². The Balaban J connectivity index is 0.00000245. The lowest BCUT2D eigenvalue weighted by Gasteiger charge is -2.17. The number of rotatable bonds is 4. The Morgan fingerprint density at radius 2 is 1.41 bits per heavy atom. The number of methoxy groups -OCH3 is 1. The van der Waals surface area contributed by atoms with E-state index in [1.165, 1.54) is 12.1 Å². The second-order valence-electron chi connectivity index (χ2n) is 7.31. The summed E-state index contributed by atoms with van der Waals surface area (Å²) in [5.41, 5.74) is 3.70. The third-order valence-electron chi connectivity index (χ3n) is 5.52. The van der Waals surface area contributed by atoms with E-state index in [4.69, 9.17) is 4.74 Å². The molecule has 2 aromatic heterocycles. The number of para-hydroxylation sites is 1. The van der Waals surface area contributed by atoms with Crippen molar-refractivity contribution >= 4 is 34.2 Å². The van der Waals surface area contributed by atoms with Gasteiger partial charge in [-0.25, -0.2) is 0 Å². The van der Waals surface area contributed by atoms with E-state index in [0.717, 1.165) is 51.0 Å². The van der Waals surface area contributed by atoms with Gasteiger partial charge in [-0.1, -0.05) is 30.3 Å². The van der Waals surface area contributed by atoms with Crippen LogP contribution in [0.4, 0.5) is 13.2 Å². The number of hydrogen-bond donors (Lipinski definition) is 2. The van der Waals surface area contributed by atoms with Gasteiger partial charge in [0.1, 0.15) is 5.75 Å². The molecule has 0 saturated heterocycles. The zero-order valence-corrected chi connectivity index (χ0v) is 17.8. The summed E-state index contributed by atoms with van der Waals surface area (Å²) in [5, 5.41) is 1.93. The number of nitrogens with one attached hydrogen (secondary N) is 2. The molecular formula is C25H19ClF3N2O. The summed E-state index contributed by atoms with van der Waals surface area (Å²) in [4.78, 5) is 6.54. The summed E-state index contributed by atoms with van der Waals surface area (Å²) in [6, 6.07) is 18.9. The number of alkyl halides is 3. The highest BCUT2D eigenvalue weighted by Crippen LogP contribution is 2.40. The van der Waals surface area contributed by atoms with Crippen molar-refractivity contribution in [2.75, 3.05) is 7.11 Å². The van der Waals surface area contributed by atoms with E-state index in [1.807, 2.05) is 54.9 Å². The molecule has 0 saturated carbocycles. The molecule has 0 unspecified atom stereocenters. The number of fused-ring (bicyclic) bond motifs is 2. The number of halogens is 4. The van der Waals surface area contributed by atoms with Crippen LogP contribution in [0.2, 0.25) is 0 Å². The maximum Gasteiger partial charge on any atom is 0.416 e. The summed E-state index contributed by atoms with van der Waals surface area (Å²) in [5.74, 6) is 1.55. The monoisotopic (exact) mass is 455 g/mol. The van der Waals surface area contributed by atoms with Gasteiger partial charge < -0.3 is 14.7 Å². The zero-order valence-electron chi connectivity index (χ0n) is 17.0. The van der Waals surface area contributed by atoms with Crippen LogP contribution in [0.5, 0.6) is 5.75 Å². The van der Waals surface area contributed by atoms with Crippen molar-refractivity contribution in [3.05, 3.63) is 107 Å². The summed E-state index contributed by atoms with van der Waals surface area (Å²) in [7, 11) is 1.60. The quantitative estimate of drug-likeness (QED) is 0.297. The maximum absolute atomic E-state index is 13.1. The predicted octanol–water partition coefficient (Wildman–Crippen LogP) is 7.12. The predicted molar refractivity (Wildman–Crippen MR) is 122 cm³/mol. The fraction of sp³-hybridized carbons (Fsp3) is 0.0800. The van der Waals surface area contributed by atoms with E-state index >= 15 is 0 Å². The Labute approximate surface area is 188 Å². The van der Waals surface area contributed by atoms with Crippen LogP contribution in [0.25, 0.3) is 21.8 Å². The fourth-order valence-corrected chi connectivity index (χ4v) is 3.99. The molecule has 0 atom stereocenters. The molecule has 0 fully saturated rings. The van der Waals surface area contributed by atoms with Crippen LogP contribution in [0.15, 0.2) is 79.1 Å². The maximum atomic E-state index is 13.1. The molecule has 163 valence electrons. The minimum atomic E-state index is -4.38. The summed E-state index contributed by atoms with van der Waals surface area (Å²) < 4.78 is 44.8. The molecule has 5 aromatic rings. The van der Waals surface area contributed by atoms with E-state index in [9.17, 15) is 13.2 Å². The second kappa shape index (κ2) is 8.28. The first kappa shape index (κ1) is 21.8. The highest BCUT2D eigenvalue weighted by Gasteiger charge is 2.31. The molecule has 2 heterocycles. The minimum Gasteiger partial charge on any atom is -0.497 e. The SMILES string of the molecule is COc1ccc2[nH]cc([C](c3ccc(C(F)(F)F)cc3)c3c[nH]c4ccccc34)c2c1.Cl. The van der Waals surface area contributed by atoms with Crippen LogP contribution in [-0.2, 0) is 6.18 Å². The number of aromatic nitrogens is 2. The van der Waals surface area contributed by atoms with Gasteiger partial charge >= 0.3 is 6.18 Å². The molecule has 0 aliphatic carbocycles. The van der Waals surface area contributed by atoms with Gasteiger partial charge in [0.25, 0.3) is 0 Å². The largest absolute Gasteiger partial charge is 0.497 e. The third kappa shape index (κ3) is 3.71. The molecule has 3 aromatic carbocycles. The average molecular weight is 456 g/mol. The molecule has 0 bridgehead atoms. The highest BCUT2D eigenvalue weighted by molar-refractivity contribution is 5.93. The number of aromatic amines is 2. The molecule has 0 amide bonds. The molecule has 32 heavy (non-hydrogen) atoms. The second-order valence-corrected chi connectivity index (χ2v) is 7.31. The average Bonchev–Trinajstić information content (AvgIpc) is 3.38. The van der Waals surface area contributed by atoms with Gasteiger partial charge in [-0.3, -0.25) is 0 Å². The van der Waals surface area contributed by atoms with E-state index in [1.54, 1.807) is 7.11 Å². The van der Waals surface area contributed by atoms with Crippen LogP contribution in [0, 0.1) is 5.92 Å². The number of ether oxygens (including phenoxy) is 1. The van der Waals surface area contributed by atoms with Gasteiger partial charge in [0.05, 0.1) is 18.6 Å². The van der Waals surface area contributed by atoms with E-state index in [0.29, 0.717) is 11.3 Å². The van der Waals surface area contributed by atoms with Crippen molar-refractivity contribution in [3.8, 4) is 5.75 Å². The van der Waals surface area contributed by atoms with Gasteiger partial charge in [-0.2, -0.15) is 13.2 Å². The Bertz CT molecular complexity index is 1370. The molecular weight excluding hydrogens is 437 g/mol. The normalized spacial score (nSPS) is 11.8. The molecule has 5 rings (SSSR count). The third-order valence-corrected chi connectivity index (χ3v) is 5.52. The highest BCUT2D eigenvalue weighted by atomic mass is 35.5. The van der Waals surface area contributed by atoms with Crippen molar-refractivity contribution in [3.63, 3.8) is 0 Å². The van der Waals surface area contributed by atoms with E-state index < -0.39 is 11.7 Å². The summed E-state index contributed by atoms with van der Waals surface area (Å²) >= 11 is 0. The Morgan fingerprint density at radius 1 is 0.781 bits per heavy atom. The Morgan fingerprint density at radius 3 is 2.06 bits per heavy atom. The Hall–Kier alpha value is -3.38. The van der Waals surface area contributed by atoms with Crippen molar-refractivity contribution < 1.29 is 17.9 Å². The first-order chi connectivity index (χ1) is 15.0. The minimum absolute atomic E-state index is 0. The lowest BCUT2D eigenvalue weighted by Crippen LogP contribution is -2.07. The first-order valence-electron chi connectivity index (χ1n) is 9.72. The van der Waals surface area contributed by atoms with Crippen LogP contribution in [-0.4, -0.2) is 17.1 Å². The molecule has 0 aliphatic rings. The molecule has 2 N–H and O–H groups in total. The molecule has 7 heteroatoms. The van der Waals surface area contributed by atoms with E-state index in [2.05, 4.69) is 9.97 Å². The number of H-pyrrole nitrogens is 2. The van der Waals surface area contributed by atoms with Gasteiger partial charge in [0, 0.05) is 34.2 Å². The lowest BCUT2D eigenvalue weighted by atomic mass is 9.84. The zero-order chi connectivity index (χ0) is 21.6. The van der Waals surface area contributed by atoms with E-state index in [-0.39, 0.29) is 12.4 Å². The van der Waals surface area contributed by atoms with Crippen molar-refractivity contribution in [2.24, 2.45) is 0 Å². The summed E-state index contributed by atoms with van der Waals surface area (Å²) in [6.07, 6.45) is -0.594. The van der Waals surface area contributed by atoms with Crippen LogP contribution in [0.3, 0.4) is 0 Å². The van der Waals surface area contributed by atoms with Crippen LogP contribution >= 0.6 is 12.4 Å². The Kier molecular flexibility index (Phi) is 5.65. The standard InChI is InChI=1S/C25H18F3N2O.ClH/c1-31-17-10-11-23-19(12-17)21(14-30-23)24(15-6-8-16(9-7-15)25(26,27)28)20-13-29-22-5-3-2-4-18(20)22;/h2-14,29-30H,1H3;1H. The van der Waals surface area contributed by atoms with Gasteiger partial charge in [0.2, 0.25) is 0 Å². The lowest BCUT2D eigenvalue weighted by molar-refractivity contribution is -0.137. The van der Waals surface area contributed by atoms with Crippen LogP contribution in [0.1, 0.15) is 22.3 Å². The van der Waals surface area contributed by atoms with Gasteiger partial charge in [0.15, 0.2) is 0 Å². The number of benzene rings is 3. The van der Waals surface area contributed by atoms with Crippen molar-refractivity contribution in [1.82, 2.24) is 9.97 Å². The molecule has 0 aliphatic heterocycles. The van der Waals surface area contributed by atoms with Gasteiger partial charge in [-0.05, 0) is 53.1 Å². The number of hydrogen-bond acceptors (Lipinski definition) is 1. The molecule has 3 nitrogen and oxygen atoms in total. The first-order valence-corrected chi connectivity index (χ1v) is 9.72. The molecule has 0 spiro atoms.